The highest BCUT2D eigenvalue weighted by Crippen LogP contribution is 2.59. The lowest BCUT2D eigenvalue weighted by Crippen LogP contribution is -2.30. The minimum atomic E-state index is 0.332. The Labute approximate surface area is 93.7 Å². The first-order valence-corrected chi connectivity index (χ1v) is 6.48. The van der Waals surface area contributed by atoms with Gasteiger partial charge in [-0.25, -0.2) is 0 Å². The summed E-state index contributed by atoms with van der Waals surface area (Å²) in [5.41, 5.74) is 0.381. The summed E-state index contributed by atoms with van der Waals surface area (Å²) in [5, 5.41) is 5.36. The molecular weight excluding hydrogens is 206 g/mol. The first-order valence-electron chi connectivity index (χ1n) is 5.60. The number of ketones is 1. The van der Waals surface area contributed by atoms with Gasteiger partial charge in [0.15, 0.2) is 5.78 Å². The van der Waals surface area contributed by atoms with E-state index in [0.29, 0.717) is 17.1 Å². The van der Waals surface area contributed by atoms with Crippen LogP contribution < -0.4 is 5.32 Å². The maximum atomic E-state index is 12.1. The topological polar surface area (TPSA) is 29.1 Å². The van der Waals surface area contributed by atoms with Gasteiger partial charge >= 0.3 is 0 Å². The van der Waals surface area contributed by atoms with E-state index < -0.39 is 0 Å². The van der Waals surface area contributed by atoms with E-state index in [9.17, 15) is 4.79 Å². The molecule has 0 amide bonds. The summed E-state index contributed by atoms with van der Waals surface area (Å²) in [6, 6.07) is 3.93. The van der Waals surface area contributed by atoms with Crippen LogP contribution in [0.25, 0.3) is 0 Å². The molecule has 1 aliphatic carbocycles. The van der Waals surface area contributed by atoms with E-state index in [-0.39, 0.29) is 0 Å². The van der Waals surface area contributed by atoms with Crippen molar-refractivity contribution in [3.8, 4) is 0 Å². The summed E-state index contributed by atoms with van der Waals surface area (Å²) >= 11 is 1.58. The maximum Gasteiger partial charge on any atom is 0.176 e. The number of carbonyl (C=O) groups excluding carboxylic acids is 1. The van der Waals surface area contributed by atoms with Crippen LogP contribution in [-0.2, 0) is 0 Å². The third-order valence-corrected chi connectivity index (χ3v) is 4.75. The van der Waals surface area contributed by atoms with Gasteiger partial charge in [0.25, 0.3) is 0 Å². The third-order valence-electron chi connectivity index (χ3n) is 3.87. The van der Waals surface area contributed by atoms with Crippen molar-refractivity contribution in [2.75, 3.05) is 13.1 Å². The normalized spacial score (nSPS) is 27.9. The number of carbonyl (C=O) groups is 1. The Kier molecular flexibility index (Phi) is 2.18. The van der Waals surface area contributed by atoms with Crippen molar-refractivity contribution in [2.45, 2.75) is 19.3 Å². The van der Waals surface area contributed by atoms with E-state index in [1.54, 1.807) is 11.3 Å². The second kappa shape index (κ2) is 3.42. The molecule has 1 aliphatic heterocycles. The quantitative estimate of drug-likeness (QED) is 0.777. The molecule has 2 aliphatic rings. The van der Waals surface area contributed by atoms with Gasteiger partial charge in [-0.2, -0.15) is 0 Å². The van der Waals surface area contributed by atoms with Gasteiger partial charge in [0.1, 0.15) is 0 Å². The molecule has 3 heteroatoms. The Morgan fingerprint density at radius 2 is 2.27 bits per heavy atom. The molecule has 2 nitrogen and oxygen atoms in total. The number of thiophene rings is 1. The molecule has 80 valence electrons. The average molecular weight is 221 g/mol. The third kappa shape index (κ3) is 1.54. The predicted octanol–water partition coefficient (Wildman–Crippen LogP) is 2.32. The van der Waals surface area contributed by atoms with Crippen molar-refractivity contribution < 1.29 is 4.79 Å². The summed E-state index contributed by atoms with van der Waals surface area (Å²) in [7, 11) is 0. The van der Waals surface area contributed by atoms with Gasteiger partial charge < -0.3 is 5.32 Å². The van der Waals surface area contributed by atoms with Gasteiger partial charge in [0, 0.05) is 5.92 Å². The zero-order valence-electron chi connectivity index (χ0n) is 8.66. The number of rotatable bonds is 2. The van der Waals surface area contributed by atoms with E-state index in [4.69, 9.17) is 0 Å². The summed E-state index contributed by atoms with van der Waals surface area (Å²) in [5.74, 6) is 0.727. The van der Waals surface area contributed by atoms with Gasteiger partial charge in [-0.1, -0.05) is 6.07 Å². The second-order valence-electron chi connectivity index (χ2n) is 4.71. The van der Waals surface area contributed by atoms with E-state index in [1.165, 1.54) is 12.8 Å². The maximum absolute atomic E-state index is 12.1. The van der Waals surface area contributed by atoms with Crippen molar-refractivity contribution in [1.82, 2.24) is 5.32 Å². The highest BCUT2D eigenvalue weighted by molar-refractivity contribution is 7.12. The first-order chi connectivity index (χ1) is 7.32. The van der Waals surface area contributed by atoms with E-state index >= 15 is 0 Å². The SMILES string of the molecule is O=C(c1cccs1)C1CC12CCNCC2. The minimum Gasteiger partial charge on any atom is -0.317 e. The fourth-order valence-corrected chi connectivity index (χ4v) is 3.51. The Morgan fingerprint density at radius 1 is 1.47 bits per heavy atom. The fourth-order valence-electron chi connectivity index (χ4n) is 2.79. The molecule has 1 saturated carbocycles. The molecule has 0 radical (unpaired) electrons. The molecule has 1 aromatic rings. The molecule has 1 aromatic heterocycles. The Bertz CT molecular complexity index is 365. The second-order valence-corrected chi connectivity index (χ2v) is 5.66. The molecule has 1 spiro atoms. The molecular formula is C12H15NOS. The number of piperidine rings is 1. The standard InChI is InChI=1S/C12H15NOS/c14-11(10-2-1-7-15-10)9-8-12(9)3-5-13-6-4-12/h1-2,7,9,13H,3-6,8H2. The Morgan fingerprint density at radius 3 is 2.93 bits per heavy atom. The fraction of sp³-hybridized carbons (Fsp3) is 0.583. The Balaban J connectivity index is 1.73. The number of hydrogen-bond donors (Lipinski definition) is 1. The Hall–Kier alpha value is -0.670. The van der Waals surface area contributed by atoms with Crippen LogP contribution in [0.3, 0.4) is 0 Å². The van der Waals surface area contributed by atoms with Crippen LogP contribution in [-0.4, -0.2) is 18.9 Å². The van der Waals surface area contributed by atoms with Crippen LogP contribution in [0.2, 0.25) is 0 Å². The lowest BCUT2D eigenvalue weighted by molar-refractivity contribution is 0.0945. The molecule has 1 saturated heterocycles. The summed E-state index contributed by atoms with van der Waals surface area (Å²) < 4.78 is 0. The zero-order chi connectivity index (χ0) is 10.3. The van der Waals surface area contributed by atoms with Gasteiger partial charge in [-0.05, 0) is 49.2 Å². The van der Waals surface area contributed by atoms with Crippen molar-refractivity contribution in [3.63, 3.8) is 0 Å². The average Bonchev–Trinajstić information content (AvgIpc) is 2.76. The molecule has 1 unspecified atom stereocenters. The van der Waals surface area contributed by atoms with Crippen LogP contribution in [0, 0.1) is 11.3 Å². The lowest BCUT2D eigenvalue weighted by Gasteiger charge is -2.22. The van der Waals surface area contributed by atoms with Crippen molar-refractivity contribution in [1.29, 1.82) is 0 Å². The van der Waals surface area contributed by atoms with Gasteiger partial charge in [0.05, 0.1) is 4.88 Å². The number of hydrogen-bond acceptors (Lipinski definition) is 3. The smallest absolute Gasteiger partial charge is 0.176 e. The number of Topliss-reactive ketones (excluding diaryl/α,β-unsaturated/α-hetero) is 1. The van der Waals surface area contributed by atoms with Crippen LogP contribution in [0.1, 0.15) is 28.9 Å². The molecule has 1 N–H and O–H groups in total. The molecule has 15 heavy (non-hydrogen) atoms. The van der Waals surface area contributed by atoms with Crippen molar-refractivity contribution in [3.05, 3.63) is 22.4 Å². The largest absolute Gasteiger partial charge is 0.317 e. The van der Waals surface area contributed by atoms with E-state index in [0.717, 1.165) is 24.4 Å². The van der Waals surface area contributed by atoms with E-state index in [2.05, 4.69) is 5.32 Å². The zero-order valence-corrected chi connectivity index (χ0v) is 9.48. The van der Waals surface area contributed by atoms with Crippen LogP contribution in [0.4, 0.5) is 0 Å². The summed E-state index contributed by atoms with van der Waals surface area (Å²) in [6.45, 7) is 2.18. The summed E-state index contributed by atoms with van der Waals surface area (Å²) in [4.78, 5) is 13.1. The highest BCUT2D eigenvalue weighted by Gasteiger charge is 2.57. The minimum absolute atomic E-state index is 0.332. The van der Waals surface area contributed by atoms with E-state index in [1.807, 2.05) is 17.5 Å². The van der Waals surface area contributed by atoms with Crippen molar-refractivity contribution in [2.24, 2.45) is 11.3 Å². The summed E-state index contributed by atoms with van der Waals surface area (Å²) in [6.07, 6.45) is 3.51. The van der Waals surface area contributed by atoms with Gasteiger partial charge in [-0.15, -0.1) is 11.3 Å². The van der Waals surface area contributed by atoms with Gasteiger partial charge in [0.2, 0.25) is 0 Å². The molecule has 2 fully saturated rings. The molecule has 1 atom stereocenters. The predicted molar refractivity (Wildman–Crippen MR) is 61.3 cm³/mol. The molecule has 0 bridgehead atoms. The number of nitrogens with one attached hydrogen (secondary N) is 1. The van der Waals surface area contributed by atoms with Crippen LogP contribution >= 0.6 is 11.3 Å². The van der Waals surface area contributed by atoms with Crippen LogP contribution in [0.15, 0.2) is 17.5 Å². The van der Waals surface area contributed by atoms with Crippen LogP contribution in [0.5, 0.6) is 0 Å². The van der Waals surface area contributed by atoms with Gasteiger partial charge in [-0.3, -0.25) is 4.79 Å². The molecule has 0 aromatic carbocycles. The monoisotopic (exact) mass is 221 g/mol. The molecule has 3 rings (SSSR count). The molecule has 2 heterocycles. The first kappa shape index (κ1) is 9.55. The van der Waals surface area contributed by atoms with Crippen molar-refractivity contribution >= 4 is 17.1 Å². The highest BCUT2D eigenvalue weighted by atomic mass is 32.1. The lowest BCUT2D eigenvalue weighted by atomic mass is 9.90.